The molecular formula is C17H28N2O2. The molecule has 0 amide bonds. The summed E-state index contributed by atoms with van der Waals surface area (Å²) in [5, 5.41) is 13.1. The molecule has 2 rings (SSSR count). The van der Waals surface area contributed by atoms with Gasteiger partial charge in [-0.05, 0) is 49.8 Å². The average Bonchev–Trinajstić information content (AvgIpc) is 2.56. The van der Waals surface area contributed by atoms with E-state index in [9.17, 15) is 5.11 Å². The first-order valence-electron chi connectivity index (χ1n) is 7.95. The van der Waals surface area contributed by atoms with E-state index in [1.54, 1.807) is 0 Å². The van der Waals surface area contributed by atoms with Gasteiger partial charge in [-0.2, -0.15) is 0 Å². The zero-order chi connectivity index (χ0) is 15.0. The van der Waals surface area contributed by atoms with Crippen LogP contribution in [0.2, 0.25) is 0 Å². The van der Waals surface area contributed by atoms with Crippen LogP contribution in [0.15, 0.2) is 30.3 Å². The molecule has 1 aromatic carbocycles. The zero-order valence-corrected chi connectivity index (χ0v) is 12.8. The van der Waals surface area contributed by atoms with E-state index in [-0.39, 0.29) is 18.1 Å². The predicted octanol–water partition coefficient (Wildman–Crippen LogP) is 1.33. The van der Waals surface area contributed by atoms with Gasteiger partial charge in [-0.1, -0.05) is 30.3 Å². The lowest BCUT2D eigenvalue weighted by molar-refractivity contribution is -0.00967. The molecule has 1 saturated heterocycles. The molecule has 1 atom stereocenters. The number of aliphatic hydroxyl groups is 1. The van der Waals surface area contributed by atoms with Crippen molar-refractivity contribution in [2.24, 2.45) is 11.1 Å². The Kier molecular flexibility index (Phi) is 6.64. The minimum absolute atomic E-state index is 0.0119. The van der Waals surface area contributed by atoms with Crippen molar-refractivity contribution in [2.75, 3.05) is 32.8 Å². The van der Waals surface area contributed by atoms with Crippen LogP contribution < -0.4 is 11.1 Å². The molecule has 0 saturated carbocycles. The first kappa shape index (κ1) is 16.4. The molecule has 1 fully saturated rings. The van der Waals surface area contributed by atoms with Gasteiger partial charge in [-0.25, -0.2) is 0 Å². The lowest BCUT2D eigenvalue weighted by Gasteiger charge is -2.38. The van der Waals surface area contributed by atoms with Gasteiger partial charge >= 0.3 is 0 Å². The molecule has 4 N–H and O–H groups in total. The molecule has 1 heterocycles. The van der Waals surface area contributed by atoms with Gasteiger partial charge in [0.1, 0.15) is 0 Å². The molecule has 0 aliphatic carbocycles. The smallest absolute Gasteiger partial charge is 0.0703 e. The molecule has 0 spiro atoms. The van der Waals surface area contributed by atoms with Crippen molar-refractivity contribution < 1.29 is 9.84 Å². The van der Waals surface area contributed by atoms with E-state index in [4.69, 9.17) is 10.5 Å². The van der Waals surface area contributed by atoms with Gasteiger partial charge in [-0.3, -0.25) is 0 Å². The Morgan fingerprint density at radius 3 is 2.57 bits per heavy atom. The number of ether oxygens (including phenoxy) is 1. The molecule has 4 heteroatoms. The first-order chi connectivity index (χ1) is 10.3. The predicted molar refractivity (Wildman–Crippen MR) is 85.2 cm³/mol. The molecule has 1 aliphatic heterocycles. The monoisotopic (exact) mass is 292 g/mol. The maximum Gasteiger partial charge on any atom is 0.0703 e. The fourth-order valence-electron chi connectivity index (χ4n) is 3.07. The van der Waals surface area contributed by atoms with Gasteiger partial charge in [0.25, 0.3) is 0 Å². The zero-order valence-electron chi connectivity index (χ0n) is 12.8. The number of rotatable bonds is 8. The summed E-state index contributed by atoms with van der Waals surface area (Å²) in [6, 6.07) is 10.3. The van der Waals surface area contributed by atoms with E-state index in [0.717, 1.165) is 38.8 Å². The number of nitrogens with two attached hydrogens (primary N) is 1. The van der Waals surface area contributed by atoms with Crippen molar-refractivity contribution >= 4 is 0 Å². The van der Waals surface area contributed by atoms with E-state index in [1.807, 2.05) is 18.2 Å². The second-order valence-electron chi connectivity index (χ2n) is 6.08. The minimum Gasteiger partial charge on any atom is -0.396 e. The molecule has 0 aromatic heterocycles. The number of hydrogen-bond donors (Lipinski definition) is 3. The van der Waals surface area contributed by atoms with Crippen molar-refractivity contribution in [3.05, 3.63) is 35.9 Å². The Labute approximate surface area is 127 Å². The van der Waals surface area contributed by atoms with E-state index in [1.165, 1.54) is 5.56 Å². The highest BCUT2D eigenvalue weighted by molar-refractivity contribution is 5.14. The lowest BCUT2D eigenvalue weighted by atomic mass is 9.75. The summed E-state index contributed by atoms with van der Waals surface area (Å²) in [5.74, 6) is 0. The Hall–Kier alpha value is -0.940. The molecule has 0 radical (unpaired) electrons. The van der Waals surface area contributed by atoms with E-state index in [0.29, 0.717) is 13.2 Å². The van der Waals surface area contributed by atoms with Gasteiger partial charge < -0.3 is 20.9 Å². The molecule has 21 heavy (non-hydrogen) atoms. The van der Waals surface area contributed by atoms with E-state index < -0.39 is 0 Å². The molecule has 0 bridgehead atoms. The van der Waals surface area contributed by atoms with Crippen molar-refractivity contribution in [2.45, 2.75) is 31.8 Å². The summed E-state index contributed by atoms with van der Waals surface area (Å²) in [7, 11) is 0. The van der Waals surface area contributed by atoms with Crippen molar-refractivity contribution in [1.29, 1.82) is 0 Å². The minimum atomic E-state index is -0.0119. The standard InChI is InChI=1S/C17H28N2O2/c18-13-16(12-17(14-20)7-9-19-10-8-17)21-11-6-15-4-2-1-3-5-15/h1-5,16,19-20H,6-14,18H2. The summed E-state index contributed by atoms with van der Waals surface area (Å²) in [5.41, 5.74) is 7.13. The van der Waals surface area contributed by atoms with Crippen LogP contribution in [0.3, 0.4) is 0 Å². The highest BCUT2D eigenvalue weighted by atomic mass is 16.5. The number of piperidine rings is 1. The summed E-state index contributed by atoms with van der Waals surface area (Å²) < 4.78 is 5.97. The first-order valence-corrected chi connectivity index (χ1v) is 7.95. The molecule has 4 nitrogen and oxygen atoms in total. The van der Waals surface area contributed by atoms with Crippen LogP contribution in [-0.4, -0.2) is 44.1 Å². The third-order valence-electron chi connectivity index (χ3n) is 4.51. The van der Waals surface area contributed by atoms with Gasteiger partial charge in [-0.15, -0.1) is 0 Å². The van der Waals surface area contributed by atoms with Crippen molar-refractivity contribution in [1.82, 2.24) is 5.32 Å². The maximum absolute atomic E-state index is 9.77. The van der Waals surface area contributed by atoms with E-state index >= 15 is 0 Å². The highest BCUT2D eigenvalue weighted by Crippen LogP contribution is 2.33. The molecular weight excluding hydrogens is 264 g/mol. The van der Waals surface area contributed by atoms with Crippen LogP contribution in [0.25, 0.3) is 0 Å². The largest absolute Gasteiger partial charge is 0.396 e. The van der Waals surface area contributed by atoms with Gasteiger partial charge in [0.15, 0.2) is 0 Å². The van der Waals surface area contributed by atoms with Crippen molar-refractivity contribution in [3.63, 3.8) is 0 Å². The number of hydrogen-bond acceptors (Lipinski definition) is 4. The maximum atomic E-state index is 9.77. The Morgan fingerprint density at radius 1 is 1.24 bits per heavy atom. The summed E-state index contributed by atoms with van der Waals surface area (Å²) in [6.45, 7) is 3.38. The molecule has 1 aliphatic rings. The van der Waals surface area contributed by atoms with Gasteiger partial charge in [0, 0.05) is 13.2 Å². The molecule has 1 aromatic rings. The summed E-state index contributed by atoms with van der Waals surface area (Å²) in [4.78, 5) is 0. The third kappa shape index (κ3) is 5.08. The fourth-order valence-corrected chi connectivity index (χ4v) is 3.07. The lowest BCUT2D eigenvalue weighted by Crippen LogP contribution is -2.43. The second kappa shape index (κ2) is 8.49. The number of aliphatic hydroxyl groups excluding tert-OH is 1. The summed E-state index contributed by atoms with van der Waals surface area (Å²) in [6.07, 6.45) is 3.81. The van der Waals surface area contributed by atoms with Crippen LogP contribution in [0, 0.1) is 5.41 Å². The fraction of sp³-hybridized carbons (Fsp3) is 0.647. The average molecular weight is 292 g/mol. The normalized spacial score (nSPS) is 19.3. The van der Waals surface area contributed by atoms with Crippen LogP contribution in [0.4, 0.5) is 0 Å². The van der Waals surface area contributed by atoms with Gasteiger partial charge in [0.2, 0.25) is 0 Å². The Balaban J connectivity index is 1.79. The SMILES string of the molecule is NCC(CC1(CO)CCNCC1)OCCc1ccccc1. The van der Waals surface area contributed by atoms with Crippen LogP contribution >= 0.6 is 0 Å². The second-order valence-corrected chi connectivity index (χ2v) is 6.08. The topological polar surface area (TPSA) is 67.5 Å². The molecule has 118 valence electrons. The number of nitrogens with one attached hydrogen (secondary N) is 1. The van der Waals surface area contributed by atoms with Crippen LogP contribution in [0.1, 0.15) is 24.8 Å². The van der Waals surface area contributed by atoms with Gasteiger partial charge in [0.05, 0.1) is 12.7 Å². The van der Waals surface area contributed by atoms with Crippen LogP contribution in [-0.2, 0) is 11.2 Å². The quantitative estimate of drug-likeness (QED) is 0.676. The van der Waals surface area contributed by atoms with Crippen LogP contribution in [0.5, 0.6) is 0 Å². The van der Waals surface area contributed by atoms with E-state index in [2.05, 4.69) is 17.4 Å². The summed E-state index contributed by atoms with van der Waals surface area (Å²) >= 11 is 0. The highest BCUT2D eigenvalue weighted by Gasteiger charge is 2.33. The van der Waals surface area contributed by atoms with Crippen molar-refractivity contribution in [3.8, 4) is 0 Å². The Morgan fingerprint density at radius 2 is 1.95 bits per heavy atom. The Bertz CT molecular complexity index is 391. The molecule has 1 unspecified atom stereocenters. The third-order valence-corrected chi connectivity index (χ3v) is 4.51. The number of benzene rings is 1.